The summed E-state index contributed by atoms with van der Waals surface area (Å²) >= 11 is 5.82. The molecule has 1 aliphatic rings. The molecule has 0 saturated heterocycles. The van der Waals surface area contributed by atoms with Crippen molar-refractivity contribution in [3.63, 3.8) is 0 Å². The molecule has 130 valence electrons. The summed E-state index contributed by atoms with van der Waals surface area (Å²) in [6.07, 6.45) is 7.56. The van der Waals surface area contributed by atoms with Gasteiger partial charge in [0.15, 0.2) is 5.69 Å². The van der Waals surface area contributed by atoms with Crippen LogP contribution in [-0.2, 0) is 0 Å². The average Bonchev–Trinajstić information content (AvgIpc) is 2.89. The first kappa shape index (κ1) is 17.2. The van der Waals surface area contributed by atoms with Gasteiger partial charge in [-0.2, -0.15) is 0 Å². The standard InChI is InChI=1S/C18H19ClN4O2/c1-12-17(21-20-15-7-2-3-8-16(15)24)18(25)23(22-12)14-6-4-5-13(11-14)9-10-19/h2-8,13,22,24H,9-11H2,1H3/t13-/m1/s1. The number of aromatic nitrogens is 2. The second kappa shape index (κ2) is 7.53. The van der Waals surface area contributed by atoms with Crippen LogP contribution in [0.15, 0.2) is 57.5 Å². The van der Waals surface area contributed by atoms with E-state index in [0.29, 0.717) is 23.2 Å². The van der Waals surface area contributed by atoms with Gasteiger partial charge >= 0.3 is 0 Å². The van der Waals surface area contributed by atoms with E-state index in [-0.39, 0.29) is 17.0 Å². The third-order valence-corrected chi connectivity index (χ3v) is 4.31. The minimum Gasteiger partial charge on any atom is -0.506 e. The molecule has 0 unspecified atom stereocenters. The van der Waals surface area contributed by atoms with Gasteiger partial charge in [-0.3, -0.25) is 9.89 Å². The van der Waals surface area contributed by atoms with Crippen molar-refractivity contribution in [1.82, 2.24) is 9.78 Å². The molecular weight excluding hydrogens is 340 g/mol. The molecule has 0 fully saturated rings. The number of nitrogens with zero attached hydrogens (tertiary/aromatic N) is 3. The summed E-state index contributed by atoms with van der Waals surface area (Å²) in [4.78, 5) is 12.7. The maximum Gasteiger partial charge on any atom is 0.298 e. The summed E-state index contributed by atoms with van der Waals surface area (Å²) in [7, 11) is 0. The van der Waals surface area contributed by atoms with Crippen LogP contribution in [0.3, 0.4) is 0 Å². The van der Waals surface area contributed by atoms with Gasteiger partial charge in [-0.1, -0.05) is 24.3 Å². The van der Waals surface area contributed by atoms with Crippen molar-refractivity contribution in [3.8, 4) is 5.75 Å². The molecule has 0 aliphatic heterocycles. The topological polar surface area (TPSA) is 82.7 Å². The number of H-pyrrole nitrogens is 1. The predicted octanol–water partition coefficient (Wildman–Crippen LogP) is 4.65. The minimum absolute atomic E-state index is 0.0174. The largest absolute Gasteiger partial charge is 0.506 e. The molecule has 1 atom stereocenters. The Morgan fingerprint density at radius 2 is 2.16 bits per heavy atom. The van der Waals surface area contributed by atoms with Crippen LogP contribution in [0, 0.1) is 12.8 Å². The van der Waals surface area contributed by atoms with E-state index in [1.54, 1.807) is 25.1 Å². The lowest BCUT2D eigenvalue weighted by atomic mass is 9.96. The number of allylic oxidation sites excluding steroid dienone is 4. The van der Waals surface area contributed by atoms with Gasteiger partial charge in [-0.25, -0.2) is 4.68 Å². The summed E-state index contributed by atoms with van der Waals surface area (Å²) in [5.74, 6) is 0.921. The molecule has 1 aliphatic carbocycles. The van der Waals surface area contributed by atoms with Gasteiger partial charge in [0.05, 0.1) is 5.69 Å². The summed E-state index contributed by atoms with van der Waals surface area (Å²) in [5.41, 5.74) is 1.77. The highest BCUT2D eigenvalue weighted by molar-refractivity contribution is 6.17. The number of phenolic OH excluding ortho intramolecular Hbond substituents is 1. The van der Waals surface area contributed by atoms with Crippen LogP contribution >= 0.6 is 11.6 Å². The number of hydrogen-bond acceptors (Lipinski definition) is 4. The van der Waals surface area contributed by atoms with Crippen molar-refractivity contribution in [2.75, 3.05) is 5.88 Å². The molecule has 0 radical (unpaired) electrons. The van der Waals surface area contributed by atoms with Gasteiger partial charge < -0.3 is 5.11 Å². The molecule has 6 nitrogen and oxygen atoms in total. The number of halogens is 1. The van der Waals surface area contributed by atoms with Crippen LogP contribution in [0.2, 0.25) is 0 Å². The molecule has 1 heterocycles. The van der Waals surface area contributed by atoms with Crippen LogP contribution in [0.5, 0.6) is 5.75 Å². The minimum atomic E-state index is -0.261. The zero-order valence-electron chi connectivity index (χ0n) is 13.8. The first-order valence-electron chi connectivity index (χ1n) is 8.05. The highest BCUT2D eigenvalue weighted by atomic mass is 35.5. The highest BCUT2D eigenvalue weighted by Gasteiger charge is 2.18. The fourth-order valence-electron chi connectivity index (χ4n) is 2.74. The number of aromatic hydroxyl groups is 1. The van der Waals surface area contributed by atoms with Crippen molar-refractivity contribution in [3.05, 3.63) is 58.5 Å². The van der Waals surface area contributed by atoms with Gasteiger partial charge in [-0.15, -0.1) is 21.8 Å². The van der Waals surface area contributed by atoms with Crippen molar-refractivity contribution < 1.29 is 5.11 Å². The van der Waals surface area contributed by atoms with E-state index in [2.05, 4.69) is 21.4 Å². The second-order valence-corrected chi connectivity index (χ2v) is 6.28. The quantitative estimate of drug-likeness (QED) is 0.602. The SMILES string of the molecule is Cc1[nH]n(C2=CC=C[C@H](CCCl)C2)c(=O)c1N=Nc1ccccc1O. The molecule has 0 amide bonds. The fraction of sp³-hybridized carbons (Fsp3) is 0.278. The van der Waals surface area contributed by atoms with Crippen LogP contribution in [0.1, 0.15) is 18.5 Å². The molecule has 1 aromatic heterocycles. The number of aromatic amines is 1. The third-order valence-electron chi connectivity index (χ3n) is 4.09. The zero-order valence-corrected chi connectivity index (χ0v) is 14.6. The Morgan fingerprint density at radius 3 is 2.92 bits per heavy atom. The van der Waals surface area contributed by atoms with E-state index in [4.69, 9.17) is 11.6 Å². The molecule has 1 aromatic carbocycles. The van der Waals surface area contributed by atoms with Crippen LogP contribution < -0.4 is 5.56 Å². The van der Waals surface area contributed by atoms with E-state index in [0.717, 1.165) is 18.5 Å². The predicted molar refractivity (Wildman–Crippen MR) is 98.9 cm³/mol. The Labute approximate surface area is 150 Å². The number of para-hydroxylation sites is 1. The van der Waals surface area contributed by atoms with Gasteiger partial charge in [0.2, 0.25) is 0 Å². The lowest BCUT2D eigenvalue weighted by Gasteiger charge is -2.17. The summed E-state index contributed by atoms with van der Waals surface area (Å²) < 4.78 is 1.50. The summed E-state index contributed by atoms with van der Waals surface area (Å²) in [6.45, 7) is 1.77. The maximum atomic E-state index is 12.7. The molecular formula is C18H19ClN4O2. The van der Waals surface area contributed by atoms with Crippen LogP contribution in [0.4, 0.5) is 11.4 Å². The lowest BCUT2D eigenvalue weighted by Crippen LogP contribution is -2.18. The van der Waals surface area contributed by atoms with Crippen molar-refractivity contribution in [2.45, 2.75) is 19.8 Å². The number of alkyl halides is 1. The van der Waals surface area contributed by atoms with Gasteiger partial charge in [0.1, 0.15) is 11.4 Å². The third kappa shape index (κ3) is 3.74. The maximum absolute atomic E-state index is 12.7. The average molecular weight is 359 g/mol. The molecule has 0 saturated carbocycles. The van der Waals surface area contributed by atoms with Crippen LogP contribution in [-0.4, -0.2) is 20.8 Å². The number of nitrogens with one attached hydrogen (secondary N) is 1. The Balaban J connectivity index is 1.89. The Bertz CT molecular complexity index is 908. The Kier molecular flexibility index (Phi) is 5.19. The zero-order chi connectivity index (χ0) is 17.8. The Hall–Kier alpha value is -2.60. The summed E-state index contributed by atoms with van der Waals surface area (Å²) in [5, 5.41) is 20.8. The normalized spacial score (nSPS) is 17.2. The smallest absolute Gasteiger partial charge is 0.298 e. The van der Waals surface area contributed by atoms with Gasteiger partial charge in [0.25, 0.3) is 5.56 Å². The summed E-state index contributed by atoms with van der Waals surface area (Å²) in [6, 6.07) is 6.59. The number of azo groups is 1. The van der Waals surface area contributed by atoms with Gasteiger partial charge in [0, 0.05) is 11.6 Å². The van der Waals surface area contributed by atoms with E-state index in [1.165, 1.54) is 10.7 Å². The molecule has 0 bridgehead atoms. The Morgan fingerprint density at radius 1 is 1.36 bits per heavy atom. The number of phenols is 1. The first-order valence-corrected chi connectivity index (χ1v) is 8.58. The number of aryl methyl sites for hydroxylation is 1. The van der Waals surface area contributed by atoms with E-state index < -0.39 is 0 Å². The van der Waals surface area contributed by atoms with E-state index in [9.17, 15) is 9.90 Å². The first-order chi connectivity index (χ1) is 12.1. The number of rotatable bonds is 5. The second-order valence-electron chi connectivity index (χ2n) is 5.90. The lowest BCUT2D eigenvalue weighted by molar-refractivity contribution is 0.476. The molecule has 7 heteroatoms. The molecule has 3 rings (SSSR count). The van der Waals surface area contributed by atoms with Crippen LogP contribution in [0.25, 0.3) is 5.70 Å². The molecule has 25 heavy (non-hydrogen) atoms. The fourth-order valence-corrected chi connectivity index (χ4v) is 3.02. The molecule has 0 spiro atoms. The molecule has 2 N–H and O–H groups in total. The molecule has 2 aromatic rings. The number of benzene rings is 1. The van der Waals surface area contributed by atoms with E-state index >= 15 is 0 Å². The van der Waals surface area contributed by atoms with Gasteiger partial charge in [-0.05, 0) is 43.9 Å². The number of hydrogen-bond donors (Lipinski definition) is 2. The van der Waals surface area contributed by atoms with Crippen molar-refractivity contribution in [1.29, 1.82) is 0 Å². The monoisotopic (exact) mass is 358 g/mol. The van der Waals surface area contributed by atoms with Crippen molar-refractivity contribution in [2.24, 2.45) is 16.1 Å². The highest BCUT2D eigenvalue weighted by Crippen LogP contribution is 2.28. The van der Waals surface area contributed by atoms with E-state index in [1.807, 2.05) is 12.2 Å². The van der Waals surface area contributed by atoms with Crippen molar-refractivity contribution >= 4 is 28.7 Å².